The van der Waals surface area contributed by atoms with E-state index >= 15 is 0 Å². The molecular weight excluding hydrogens is 390 g/mol. The van der Waals surface area contributed by atoms with Gasteiger partial charge in [0.1, 0.15) is 6.04 Å². The van der Waals surface area contributed by atoms with E-state index in [1.54, 1.807) is 6.20 Å². The summed E-state index contributed by atoms with van der Waals surface area (Å²) in [7, 11) is 0. The first-order valence-corrected chi connectivity index (χ1v) is 11.1. The molecule has 4 rings (SSSR count). The van der Waals surface area contributed by atoms with Gasteiger partial charge in [-0.3, -0.25) is 14.6 Å². The predicted molar refractivity (Wildman–Crippen MR) is 120 cm³/mol. The van der Waals surface area contributed by atoms with Crippen molar-refractivity contribution in [1.29, 1.82) is 0 Å². The zero-order valence-corrected chi connectivity index (χ0v) is 18.2. The SMILES string of the molecule is CC(C)c1ccc(NC(=O)C2CCN(C(=O)C3CC(c4cccnc4)NN3)CC2)cc1. The fraction of sp³-hybridized carbons (Fsp3) is 0.458. The van der Waals surface area contributed by atoms with Crippen molar-refractivity contribution in [3.8, 4) is 0 Å². The maximum Gasteiger partial charge on any atom is 0.241 e. The van der Waals surface area contributed by atoms with Gasteiger partial charge in [-0.25, -0.2) is 10.9 Å². The minimum absolute atomic E-state index is 0.0432. The third-order valence-electron chi connectivity index (χ3n) is 6.31. The normalized spacial score (nSPS) is 22.0. The van der Waals surface area contributed by atoms with Crippen LogP contribution in [0.25, 0.3) is 0 Å². The van der Waals surface area contributed by atoms with Crippen LogP contribution in [0.3, 0.4) is 0 Å². The van der Waals surface area contributed by atoms with Gasteiger partial charge in [0.2, 0.25) is 11.8 Å². The summed E-state index contributed by atoms with van der Waals surface area (Å²) in [5.41, 5.74) is 9.50. The molecule has 7 nitrogen and oxygen atoms in total. The fourth-order valence-corrected chi connectivity index (χ4v) is 4.30. The molecule has 0 spiro atoms. The quantitative estimate of drug-likeness (QED) is 0.691. The smallest absolute Gasteiger partial charge is 0.241 e. The van der Waals surface area contributed by atoms with Crippen LogP contribution >= 0.6 is 0 Å². The number of amides is 2. The van der Waals surface area contributed by atoms with Gasteiger partial charge in [-0.2, -0.15) is 0 Å². The number of anilines is 1. The van der Waals surface area contributed by atoms with E-state index in [9.17, 15) is 9.59 Å². The molecule has 3 heterocycles. The van der Waals surface area contributed by atoms with Gasteiger partial charge in [0, 0.05) is 43.1 Å². The fourth-order valence-electron chi connectivity index (χ4n) is 4.30. The molecule has 2 aromatic rings. The molecule has 3 N–H and O–H groups in total. The van der Waals surface area contributed by atoms with Gasteiger partial charge in [0.25, 0.3) is 0 Å². The lowest BCUT2D eigenvalue weighted by molar-refractivity contribution is -0.136. The number of carbonyl (C=O) groups excluding carboxylic acids is 2. The summed E-state index contributed by atoms with van der Waals surface area (Å²) in [6, 6.07) is 11.8. The van der Waals surface area contributed by atoms with Gasteiger partial charge in [-0.05, 0) is 54.5 Å². The van der Waals surface area contributed by atoms with Gasteiger partial charge >= 0.3 is 0 Å². The molecule has 0 bridgehead atoms. The lowest BCUT2D eigenvalue weighted by Gasteiger charge is -2.32. The summed E-state index contributed by atoms with van der Waals surface area (Å²) in [5.74, 6) is 0.547. The Hall–Kier alpha value is -2.77. The molecule has 2 fully saturated rings. The molecule has 1 aromatic carbocycles. The highest BCUT2D eigenvalue weighted by Crippen LogP contribution is 2.25. The Bertz CT molecular complexity index is 892. The lowest BCUT2D eigenvalue weighted by Crippen LogP contribution is -2.49. The van der Waals surface area contributed by atoms with Gasteiger partial charge < -0.3 is 10.2 Å². The van der Waals surface area contributed by atoms with Crippen molar-refractivity contribution in [2.75, 3.05) is 18.4 Å². The van der Waals surface area contributed by atoms with Crippen LogP contribution in [0.5, 0.6) is 0 Å². The van der Waals surface area contributed by atoms with Crippen LogP contribution in [-0.2, 0) is 9.59 Å². The highest BCUT2D eigenvalue weighted by molar-refractivity contribution is 5.92. The summed E-state index contributed by atoms with van der Waals surface area (Å²) in [6.45, 7) is 5.52. The number of hydrogen-bond donors (Lipinski definition) is 3. The van der Waals surface area contributed by atoms with Crippen molar-refractivity contribution < 1.29 is 9.59 Å². The Morgan fingerprint density at radius 1 is 1.10 bits per heavy atom. The second-order valence-electron chi connectivity index (χ2n) is 8.78. The van der Waals surface area contributed by atoms with E-state index in [1.807, 2.05) is 35.4 Å². The van der Waals surface area contributed by atoms with E-state index in [0.29, 0.717) is 38.3 Å². The first-order chi connectivity index (χ1) is 15.0. The van der Waals surface area contributed by atoms with Crippen LogP contribution in [0, 0.1) is 5.92 Å². The van der Waals surface area contributed by atoms with Gasteiger partial charge in [0.05, 0.1) is 0 Å². The molecule has 2 amide bonds. The minimum Gasteiger partial charge on any atom is -0.341 e. The number of likely N-dealkylation sites (tertiary alicyclic amines) is 1. The number of nitrogens with one attached hydrogen (secondary N) is 3. The van der Waals surface area contributed by atoms with Crippen LogP contribution in [-0.4, -0.2) is 40.8 Å². The molecule has 7 heteroatoms. The summed E-state index contributed by atoms with van der Waals surface area (Å²) in [5, 5.41) is 3.03. The second kappa shape index (κ2) is 9.58. The Morgan fingerprint density at radius 2 is 1.84 bits per heavy atom. The average molecular weight is 422 g/mol. The minimum atomic E-state index is -0.255. The van der Waals surface area contributed by atoms with Crippen molar-refractivity contribution in [2.24, 2.45) is 5.92 Å². The first kappa shape index (κ1) is 21.5. The van der Waals surface area contributed by atoms with Crippen LogP contribution in [0.15, 0.2) is 48.8 Å². The predicted octanol–water partition coefficient (Wildman–Crippen LogP) is 2.99. The molecule has 164 valence electrons. The maximum atomic E-state index is 12.9. The van der Waals surface area contributed by atoms with E-state index in [0.717, 1.165) is 11.3 Å². The lowest BCUT2D eigenvalue weighted by atomic mass is 9.94. The van der Waals surface area contributed by atoms with Crippen LogP contribution in [0.4, 0.5) is 5.69 Å². The highest BCUT2D eigenvalue weighted by atomic mass is 16.2. The number of aromatic nitrogens is 1. The zero-order chi connectivity index (χ0) is 21.8. The number of benzene rings is 1. The summed E-state index contributed by atoms with van der Waals surface area (Å²) in [4.78, 5) is 31.7. The van der Waals surface area contributed by atoms with Crippen LogP contribution in [0.2, 0.25) is 0 Å². The van der Waals surface area contributed by atoms with E-state index in [4.69, 9.17) is 0 Å². The Morgan fingerprint density at radius 3 is 2.48 bits per heavy atom. The molecule has 0 radical (unpaired) electrons. The maximum absolute atomic E-state index is 12.9. The molecule has 2 atom stereocenters. The standard InChI is InChI=1S/C24H31N5O2/c1-16(2)17-5-7-20(8-6-17)26-23(30)18-9-12-29(13-10-18)24(31)22-14-21(27-28-22)19-4-3-11-25-15-19/h3-8,11,15-16,18,21-22,27-28H,9-10,12-14H2,1-2H3,(H,26,30). The topological polar surface area (TPSA) is 86.4 Å². The third kappa shape index (κ3) is 5.11. The van der Waals surface area contributed by atoms with Crippen molar-refractivity contribution in [3.63, 3.8) is 0 Å². The molecular formula is C24H31N5O2. The molecule has 2 aliphatic rings. The third-order valence-corrected chi connectivity index (χ3v) is 6.31. The highest BCUT2D eigenvalue weighted by Gasteiger charge is 2.35. The molecule has 31 heavy (non-hydrogen) atoms. The van der Waals surface area contributed by atoms with Crippen molar-refractivity contribution in [2.45, 2.75) is 51.1 Å². The van der Waals surface area contributed by atoms with Gasteiger partial charge in [0.15, 0.2) is 0 Å². The van der Waals surface area contributed by atoms with Crippen LogP contribution in [0.1, 0.15) is 56.2 Å². The van der Waals surface area contributed by atoms with Crippen molar-refractivity contribution in [1.82, 2.24) is 20.7 Å². The van der Waals surface area contributed by atoms with Gasteiger partial charge in [-0.15, -0.1) is 0 Å². The number of pyridine rings is 1. The Kier molecular flexibility index (Phi) is 6.63. The number of nitrogens with zero attached hydrogens (tertiary/aromatic N) is 2. The van der Waals surface area contributed by atoms with E-state index in [-0.39, 0.29) is 29.8 Å². The van der Waals surface area contributed by atoms with E-state index in [1.165, 1.54) is 5.56 Å². The van der Waals surface area contributed by atoms with Crippen LogP contribution < -0.4 is 16.2 Å². The number of carbonyl (C=O) groups is 2. The Balaban J connectivity index is 1.25. The molecule has 2 unspecified atom stereocenters. The summed E-state index contributed by atoms with van der Waals surface area (Å²) < 4.78 is 0. The summed E-state index contributed by atoms with van der Waals surface area (Å²) in [6.07, 6.45) is 5.64. The second-order valence-corrected chi connectivity index (χ2v) is 8.78. The first-order valence-electron chi connectivity index (χ1n) is 11.1. The zero-order valence-electron chi connectivity index (χ0n) is 18.2. The number of hydrazine groups is 1. The monoisotopic (exact) mass is 421 g/mol. The van der Waals surface area contributed by atoms with Crippen molar-refractivity contribution in [3.05, 3.63) is 59.9 Å². The molecule has 2 saturated heterocycles. The summed E-state index contributed by atoms with van der Waals surface area (Å²) >= 11 is 0. The molecule has 0 aliphatic carbocycles. The van der Waals surface area contributed by atoms with Gasteiger partial charge in [-0.1, -0.05) is 32.0 Å². The van der Waals surface area contributed by atoms with E-state index in [2.05, 4.69) is 47.1 Å². The molecule has 1 aromatic heterocycles. The molecule has 0 saturated carbocycles. The average Bonchev–Trinajstić information content (AvgIpc) is 3.30. The van der Waals surface area contributed by atoms with E-state index < -0.39 is 0 Å². The number of piperidine rings is 1. The number of hydrogen-bond acceptors (Lipinski definition) is 5. The molecule has 2 aliphatic heterocycles. The Labute approximate surface area is 183 Å². The van der Waals surface area contributed by atoms with Crippen molar-refractivity contribution >= 4 is 17.5 Å². The number of rotatable bonds is 5. The largest absolute Gasteiger partial charge is 0.341 e.